The summed E-state index contributed by atoms with van der Waals surface area (Å²) in [5.41, 5.74) is 6.81. The van der Waals surface area contributed by atoms with E-state index in [-0.39, 0.29) is 22.3 Å². The molecule has 2 aromatic rings. The number of halogens is 1. The summed E-state index contributed by atoms with van der Waals surface area (Å²) in [6.07, 6.45) is 0. The van der Waals surface area contributed by atoms with Crippen molar-refractivity contribution in [2.45, 2.75) is 18.5 Å². The number of nitrogens with zero attached hydrogens (tertiary/aromatic N) is 1. The summed E-state index contributed by atoms with van der Waals surface area (Å²) in [5, 5.41) is 6.52. The van der Waals surface area contributed by atoms with E-state index in [2.05, 4.69) is 14.9 Å². The fraction of sp³-hybridized carbons (Fsp3) is 0.250. The van der Waals surface area contributed by atoms with Crippen LogP contribution in [0.15, 0.2) is 23.2 Å². The molecule has 9 heteroatoms. The first-order valence-corrected chi connectivity index (χ1v) is 7.85. The first kappa shape index (κ1) is 15.6. The Morgan fingerprint density at radius 1 is 1.48 bits per heavy atom. The molecule has 0 fully saturated rings. The number of aryl methyl sites for hydroxylation is 1. The van der Waals surface area contributed by atoms with Crippen molar-refractivity contribution in [3.63, 3.8) is 0 Å². The molecule has 0 spiro atoms. The molecule has 1 heterocycles. The molecule has 0 radical (unpaired) electrons. The lowest BCUT2D eigenvalue weighted by Crippen LogP contribution is -2.16. The maximum atomic E-state index is 12.4. The average molecular weight is 331 g/mol. The highest BCUT2D eigenvalue weighted by Gasteiger charge is 2.24. The SMILES string of the molecule is COc1ccc(Cl)c(NS(=O)(=O)c2n[nH]c(C)c2CN)c1. The van der Waals surface area contributed by atoms with Crippen LogP contribution in [0.2, 0.25) is 5.02 Å². The zero-order valence-corrected chi connectivity index (χ0v) is 13.0. The molecule has 0 saturated carbocycles. The van der Waals surface area contributed by atoms with Crippen LogP contribution in [0.25, 0.3) is 0 Å². The Labute approximate surface area is 127 Å². The van der Waals surface area contributed by atoms with Gasteiger partial charge in [-0.05, 0) is 19.1 Å². The number of H-pyrrole nitrogens is 1. The van der Waals surface area contributed by atoms with Gasteiger partial charge >= 0.3 is 0 Å². The van der Waals surface area contributed by atoms with Gasteiger partial charge in [0.2, 0.25) is 5.03 Å². The van der Waals surface area contributed by atoms with Gasteiger partial charge in [-0.2, -0.15) is 13.5 Å². The predicted molar refractivity (Wildman–Crippen MR) is 80.0 cm³/mol. The second-order valence-corrected chi connectivity index (χ2v) is 6.29. The first-order chi connectivity index (χ1) is 9.89. The molecule has 0 amide bonds. The van der Waals surface area contributed by atoms with E-state index in [0.29, 0.717) is 17.0 Å². The van der Waals surface area contributed by atoms with E-state index in [4.69, 9.17) is 22.1 Å². The number of nitrogens with one attached hydrogen (secondary N) is 2. The summed E-state index contributed by atoms with van der Waals surface area (Å²) in [5.74, 6) is 0.481. The van der Waals surface area contributed by atoms with E-state index < -0.39 is 10.0 Å². The van der Waals surface area contributed by atoms with E-state index in [1.807, 2.05) is 0 Å². The minimum absolute atomic E-state index is 0.0599. The maximum Gasteiger partial charge on any atom is 0.281 e. The van der Waals surface area contributed by atoms with Crippen LogP contribution in [0.3, 0.4) is 0 Å². The van der Waals surface area contributed by atoms with Crippen LogP contribution in [0.4, 0.5) is 5.69 Å². The number of nitrogens with two attached hydrogens (primary N) is 1. The van der Waals surface area contributed by atoms with Crippen LogP contribution in [-0.4, -0.2) is 25.7 Å². The molecule has 0 aliphatic carbocycles. The summed E-state index contributed by atoms with van der Waals surface area (Å²) < 4.78 is 32.2. The molecule has 7 nitrogen and oxygen atoms in total. The quantitative estimate of drug-likeness (QED) is 0.772. The standard InChI is InChI=1S/C12H15ClN4O3S/c1-7-9(6-14)12(16-15-7)21(18,19)17-11-5-8(20-2)3-4-10(11)13/h3-5,17H,6,14H2,1-2H3,(H,15,16). The third-order valence-corrected chi connectivity index (χ3v) is 4.58. The fourth-order valence-electron chi connectivity index (χ4n) is 1.80. The minimum atomic E-state index is -3.90. The lowest BCUT2D eigenvalue weighted by atomic mass is 10.3. The molecule has 21 heavy (non-hydrogen) atoms. The van der Waals surface area contributed by atoms with E-state index in [1.54, 1.807) is 13.0 Å². The fourth-order valence-corrected chi connectivity index (χ4v) is 3.30. The Morgan fingerprint density at radius 2 is 2.19 bits per heavy atom. The van der Waals surface area contributed by atoms with Crippen LogP contribution >= 0.6 is 11.6 Å². The predicted octanol–water partition coefficient (Wildman–Crippen LogP) is 1.64. The molecule has 1 aromatic heterocycles. The molecule has 0 bridgehead atoms. The van der Waals surface area contributed by atoms with Gasteiger partial charge in [0, 0.05) is 23.9 Å². The van der Waals surface area contributed by atoms with Gasteiger partial charge in [0.1, 0.15) is 5.75 Å². The number of rotatable bonds is 5. The number of aromatic amines is 1. The number of ether oxygens (including phenoxy) is 1. The number of anilines is 1. The van der Waals surface area contributed by atoms with Crippen molar-refractivity contribution in [2.24, 2.45) is 5.73 Å². The van der Waals surface area contributed by atoms with Gasteiger partial charge in [0.25, 0.3) is 10.0 Å². The summed E-state index contributed by atoms with van der Waals surface area (Å²) in [6.45, 7) is 1.76. The lowest BCUT2D eigenvalue weighted by Gasteiger charge is -2.10. The highest BCUT2D eigenvalue weighted by molar-refractivity contribution is 7.92. The Kier molecular flexibility index (Phi) is 4.40. The van der Waals surface area contributed by atoms with Crippen molar-refractivity contribution in [2.75, 3.05) is 11.8 Å². The highest BCUT2D eigenvalue weighted by atomic mass is 35.5. The summed E-state index contributed by atoms with van der Waals surface area (Å²) in [6, 6.07) is 4.66. The largest absolute Gasteiger partial charge is 0.497 e. The van der Waals surface area contributed by atoms with Crippen molar-refractivity contribution in [3.8, 4) is 5.75 Å². The second-order valence-electron chi connectivity index (χ2n) is 4.29. The normalized spacial score (nSPS) is 11.4. The Hall–Kier alpha value is -1.77. The van der Waals surface area contributed by atoms with E-state index in [1.165, 1.54) is 19.2 Å². The molecule has 2 rings (SSSR count). The number of benzene rings is 1. The number of hydrogen-bond acceptors (Lipinski definition) is 5. The maximum absolute atomic E-state index is 12.4. The zero-order chi connectivity index (χ0) is 15.6. The number of methoxy groups -OCH3 is 1. The van der Waals surface area contributed by atoms with E-state index >= 15 is 0 Å². The topological polar surface area (TPSA) is 110 Å². The average Bonchev–Trinajstić information content (AvgIpc) is 2.83. The van der Waals surface area contributed by atoms with E-state index in [9.17, 15) is 8.42 Å². The van der Waals surface area contributed by atoms with Gasteiger partial charge in [-0.15, -0.1) is 0 Å². The van der Waals surface area contributed by atoms with Crippen molar-refractivity contribution in [1.82, 2.24) is 10.2 Å². The van der Waals surface area contributed by atoms with Crippen LogP contribution < -0.4 is 15.2 Å². The second kappa shape index (κ2) is 5.92. The molecule has 114 valence electrons. The molecule has 0 atom stereocenters. The monoisotopic (exact) mass is 330 g/mol. The van der Waals surface area contributed by atoms with Gasteiger partial charge < -0.3 is 10.5 Å². The van der Waals surface area contributed by atoms with Crippen molar-refractivity contribution in [3.05, 3.63) is 34.5 Å². The van der Waals surface area contributed by atoms with Gasteiger partial charge in [-0.25, -0.2) is 0 Å². The molecule has 1 aromatic carbocycles. The van der Waals surface area contributed by atoms with Crippen LogP contribution in [0.1, 0.15) is 11.3 Å². The first-order valence-electron chi connectivity index (χ1n) is 5.99. The van der Waals surface area contributed by atoms with Gasteiger partial charge in [0.15, 0.2) is 0 Å². The zero-order valence-electron chi connectivity index (χ0n) is 11.5. The van der Waals surface area contributed by atoms with Crippen LogP contribution in [0.5, 0.6) is 5.75 Å². The molecule has 0 unspecified atom stereocenters. The molecule has 0 aliphatic heterocycles. The number of hydrogen-bond donors (Lipinski definition) is 3. The van der Waals surface area contributed by atoms with Crippen molar-refractivity contribution >= 4 is 27.3 Å². The van der Waals surface area contributed by atoms with E-state index in [0.717, 1.165) is 0 Å². The molecular formula is C12H15ClN4O3S. The highest BCUT2D eigenvalue weighted by Crippen LogP contribution is 2.29. The lowest BCUT2D eigenvalue weighted by molar-refractivity contribution is 0.415. The van der Waals surface area contributed by atoms with Crippen LogP contribution in [0, 0.1) is 6.92 Å². The van der Waals surface area contributed by atoms with Gasteiger partial charge in [-0.3, -0.25) is 9.82 Å². The summed E-state index contributed by atoms with van der Waals surface area (Å²) in [4.78, 5) is 0. The van der Waals surface area contributed by atoms with Crippen molar-refractivity contribution in [1.29, 1.82) is 0 Å². The van der Waals surface area contributed by atoms with Gasteiger partial charge in [0.05, 0.1) is 17.8 Å². The third kappa shape index (κ3) is 3.12. The molecule has 0 saturated heterocycles. The van der Waals surface area contributed by atoms with Gasteiger partial charge in [-0.1, -0.05) is 11.6 Å². The number of sulfonamides is 1. The van der Waals surface area contributed by atoms with Crippen molar-refractivity contribution < 1.29 is 13.2 Å². The molecular weight excluding hydrogens is 316 g/mol. The third-order valence-electron chi connectivity index (χ3n) is 2.91. The molecule has 4 N–H and O–H groups in total. The van der Waals surface area contributed by atoms with Crippen LogP contribution in [-0.2, 0) is 16.6 Å². The smallest absolute Gasteiger partial charge is 0.281 e. The molecule has 0 aliphatic rings. The summed E-state index contributed by atoms with van der Waals surface area (Å²) in [7, 11) is -2.42. The minimum Gasteiger partial charge on any atom is -0.497 e. The Balaban J connectivity index is 2.42. The number of aromatic nitrogens is 2. The summed E-state index contributed by atoms with van der Waals surface area (Å²) >= 11 is 5.99. The Morgan fingerprint density at radius 3 is 2.81 bits per heavy atom. The Bertz CT molecular complexity index is 758.